The quantitative estimate of drug-likeness (QED) is 0.499. The molecule has 0 aliphatic heterocycles. The molecule has 27 heavy (non-hydrogen) atoms. The number of nitrogens with one attached hydrogen (secondary N) is 1. The Balaban J connectivity index is 1.36. The standard InChI is InChI=1S/C21H18N2O2S2/c1-14-19(27-21(23-14)18-10-5-11-26-18)12-22-20(24)13-25-17-9-4-7-15-6-2-3-8-16(15)17/h2-11H,12-13H2,1H3,(H,22,24). The summed E-state index contributed by atoms with van der Waals surface area (Å²) >= 11 is 3.29. The van der Waals surface area contributed by atoms with Gasteiger partial charge in [0.25, 0.3) is 5.91 Å². The molecule has 0 bridgehead atoms. The molecule has 6 heteroatoms. The first-order chi connectivity index (χ1) is 13.2. The van der Waals surface area contributed by atoms with E-state index in [1.807, 2.05) is 60.8 Å². The van der Waals surface area contributed by atoms with Crippen molar-refractivity contribution in [3.05, 3.63) is 70.5 Å². The lowest BCUT2D eigenvalue weighted by atomic mass is 10.1. The van der Waals surface area contributed by atoms with Crippen LogP contribution < -0.4 is 10.1 Å². The summed E-state index contributed by atoms with van der Waals surface area (Å²) in [6, 6.07) is 17.9. The molecule has 0 saturated heterocycles. The van der Waals surface area contributed by atoms with Crippen molar-refractivity contribution in [2.24, 2.45) is 0 Å². The Morgan fingerprint density at radius 1 is 1.11 bits per heavy atom. The van der Waals surface area contributed by atoms with Crippen molar-refractivity contribution < 1.29 is 9.53 Å². The van der Waals surface area contributed by atoms with E-state index in [4.69, 9.17) is 4.74 Å². The van der Waals surface area contributed by atoms with Crippen LogP contribution in [-0.4, -0.2) is 17.5 Å². The maximum atomic E-state index is 12.2. The van der Waals surface area contributed by atoms with E-state index < -0.39 is 0 Å². The fourth-order valence-corrected chi connectivity index (χ4v) is 4.59. The summed E-state index contributed by atoms with van der Waals surface area (Å²) in [5, 5.41) is 8.07. The number of carbonyl (C=O) groups is 1. The Morgan fingerprint density at radius 3 is 2.81 bits per heavy atom. The normalized spacial score (nSPS) is 10.9. The van der Waals surface area contributed by atoms with E-state index in [2.05, 4.69) is 16.4 Å². The molecule has 0 aliphatic carbocycles. The first-order valence-electron chi connectivity index (χ1n) is 8.58. The van der Waals surface area contributed by atoms with Crippen molar-refractivity contribution in [3.63, 3.8) is 0 Å². The number of nitrogens with zero attached hydrogens (tertiary/aromatic N) is 1. The molecule has 0 atom stereocenters. The smallest absolute Gasteiger partial charge is 0.258 e. The van der Waals surface area contributed by atoms with Crippen molar-refractivity contribution in [3.8, 4) is 15.6 Å². The summed E-state index contributed by atoms with van der Waals surface area (Å²) in [7, 11) is 0. The van der Waals surface area contributed by atoms with Gasteiger partial charge < -0.3 is 10.1 Å². The number of hydrogen-bond donors (Lipinski definition) is 1. The Hall–Kier alpha value is -2.70. The zero-order chi connectivity index (χ0) is 18.6. The van der Waals surface area contributed by atoms with Crippen LogP contribution in [0.3, 0.4) is 0 Å². The molecule has 0 unspecified atom stereocenters. The number of aryl methyl sites for hydroxylation is 1. The topological polar surface area (TPSA) is 51.2 Å². The molecule has 0 aliphatic rings. The van der Waals surface area contributed by atoms with Crippen molar-refractivity contribution in [1.29, 1.82) is 0 Å². The Bertz CT molecular complexity index is 1070. The number of rotatable bonds is 6. The van der Waals surface area contributed by atoms with Crippen molar-refractivity contribution >= 4 is 39.4 Å². The summed E-state index contributed by atoms with van der Waals surface area (Å²) in [6.45, 7) is 2.43. The van der Waals surface area contributed by atoms with Crippen LogP contribution in [0.15, 0.2) is 60.0 Å². The van der Waals surface area contributed by atoms with E-state index >= 15 is 0 Å². The molecule has 2 aromatic heterocycles. The molecule has 2 heterocycles. The molecule has 0 saturated carbocycles. The number of amides is 1. The van der Waals surface area contributed by atoms with Crippen LogP contribution >= 0.6 is 22.7 Å². The highest BCUT2D eigenvalue weighted by Gasteiger charge is 2.12. The summed E-state index contributed by atoms with van der Waals surface area (Å²) < 4.78 is 5.74. The lowest BCUT2D eigenvalue weighted by molar-refractivity contribution is -0.123. The lowest BCUT2D eigenvalue weighted by Gasteiger charge is -2.09. The molecular formula is C21H18N2O2S2. The van der Waals surface area contributed by atoms with Crippen LogP contribution in [0.1, 0.15) is 10.6 Å². The van der Waals surface area contributed by atoms with E-state index in [1.54, 1.807) is 22.7 Å². The summed E-state index contributed by atoms with van der Waals surface area (Å²) in [5.41, 5.74) is 0.957. The first-order valence-corrected chi connectivity index (χ1v) is 10.3. The Morgan fingerprint density at radius 2 is 1.96 bits per heavy atom. The van der Waals surface area contributed by atoms with Gasteiger partial charge in [-0.05, 0) is 29.8 Å². The fourth-order valence-electron chi connectivity index (χ4n) is 2.79. The van der Waals surface area contributed by atoms with Gasteiger partial charge in [0.2, 0.25) is 0 Å². The fraction of sp³-hybridized carbons (Fsp3) is 0.143. The van der Waals surface area contributed by atoms with Crippen LogP contribution in [0.25, 0.3) is 20.7 Å². The zero-order valence-electron chi connectivity index (χ0n) is 14.8. The third-order valence-electron chi connectivity index (χ3n) is 4.18. The van der Waals surface area contributed by atoms with Gasteiger partial charge in [0, 0.05) is 10.3 Å². The van der Waals surface area contributed by atoms with E-state index in [0.717, 1.165) is 37.0 Å². The second-order valence-electron chi connectivity index (χ2n) is 6.05. The number of carbonyl (C=O) groups excluding carboxylic acids is 1. The highest BCUT2D eigenvalue weighted by Crippen LogP contribution is 2.31. The zero-order valence-corrected chi connectivity index (χ0v) is 16.4. The summed E-state index contributed by atoms with van der Waals surface area (Å²) in [4.78, 5) is 19.0. The van der Waals surface area contributed by atoms with Crippen molar-refractivity contribution in [2.75, 3.05) is 6.61 Å². The van der Waals surface area contributed by atoms with Gasteiger partial charge in [-0.1, -0.05) is 42.5 Å². The second-order valence-corrected chi connectivity index (χ2v) is 8.08. The highest BCUT2D eigenvalue weighted by atomic mass is 32.1. The average Bonchev–Trinajstić information content (AvgIpc) is 3.34. The molecule has 0 radical (unpaired) electrons. The third kappa shape index (κ3) is 4.02. The number of thiazole rings is 1. The van der Waals surface area contributed by atoms with E-state index in [9.17, 15) is 4.79 Å². The molecule has 4 rings (SSSR count). The van der Waals surface area contributed by atoms with Gasteiger partial charge in [0.05, 0.1) is 17.1 Å². The minimum absolute atomic E-state index is 0.0103. The number of benzene rings is 2. The average molecular weight is 395 g/mol. The second kappa shape index (κ2) is 7.90. The van der Waals surface area contributed by atoms with Crippen molar-refractivity contribution in [2.45, 2.75) is 13.5 Å². The van der Waals surface area contributed by atoms with Gasteiger partial charge in [-0.25, -0.2) is 4.98 Å². The lowest BCUT2D eigenvalue weighted by Crippen LogP contribution is -2.28. The van der Waals surface area contributed by atoms with Crippen LogP contribution in [0.4, 0.5) is 0 Å². The number of thiophene rings is 1. The maximum absolute atomic E-state index is 12.2. The third-order valence-corrected chi connectivity index (χ3v) is 6.38. The Labute approximate surface area is 165 Å². The Kier molecular flexibility index (Phi) is 5.18. The van der Waals surface area contributed by atoms with E-state index in [-0.39, 0.29) is 12.5 Å². The summed E-state index contributed by atoms with van der Waals surface area (Å²) in [5.74, 6) is 0.575. The molecule has 136 valence electrons. The molecule has 2 aromatic carbocycles. The summed E-state index contributed by atoms with van der Waals surface area (Å²) in [6.07, 6.45) is 0. The van der Waals surface area contributed by atoms with Gasteiger partial charge in [-0.2, -0.15) is 0 Å². The van der Waals surface area contributed by atoms with E-state index in [1.165, 1.54) is 0 Å². The molecule has 1 amide bonds. The molecular weight excluding hydrogens is 376 g/mol. The van der Waals surface area contributed by atoms with Crippen molar-refractivity contribution in [1.82, 2.24) is 10.3 Å². The van der Waals surface area contributed by atoms with Gasteiger partial charge in [-0.15, -0.1) is 22.7 Å². The van der Waals surface area contributed by atoms with Crippen LogP contribution in [-0.2, 0) is 11.3 Å². The predicted molar refractivity (Wildman–Crippen MR) is 111 cm³/mol. The number of ether oxygens (including phenoxy) is 1. The SMILES string of the molecule is Cc1nc(-c2cccs2)sc1CNC(=O)COc1cccc2ccccc12. The maximum Gasteiger partial charge on any atom is 0.258 e. The predicted octanol–water partition coefficient (Wildman–Crippen LogP) is 5.03. The number of fused-ring (bicyclic) bond motifs is 1. The molecule has 4 aromatic rings. The molecule has 4 nitrogen and oxygen atoms in total. The molecule has 0 fully saturated rings. The number of hydrogen-bond acceptors (Lipinski definition) is 5. The monoisotopic (exact) mass is 394 g/mol. The van der Waals surface area contributed by atoms with Gasteiger partial charge in [0.15, 0.2) is 6.61 Å². The number of aromatic nitrogens is 1. The minimum atomic E-state index is -0.145. The minimum Gasteiger partial charge on any atom is -0.483 e. The van der Waals surface area contributed by atoms with Crippen LogP contribution in [0, 0.1) is 6.92 Å². The van der Waals surface area contributed by atoms with E-state index in [0.29, 0.717) is 6.54 Å². The molecule has 0 spiro atoms. The largest absolute Gasteiger partial charge is 0.483 e. The van der Waals surface area contributed by atoms with Crippen LogP contribution in [0.2, 0.25) is 0 Å². The molecule has 1 N–H and O–H groups in total. The van der Waals surface area contributed by atoms with Crippen LogP contribution in [0.5, 0.6) is 5.75 Å². The first kappa shape index (κ1) is 17.7. The van der Waals surface area contributed by atoms with Gasteiger partial charge in [-0.3, -0.25) is 4.79 Å². The highest BCUT2D eigenvalue weighted by molar-refractivity contribution is 7.21. The van der Waals surface area contributed by atoms with Gasteiger partial charge >= 0.3 is 0 Å². The van der Waals surface area contributed by atoms with Gasteiger partial charge in [0.1, 0.15) is 10.8 Å².